The number of aromatic hydroxyl groups is 1. The summed E-state index contributed by atoms with van der Waals surface area (Å²) in [6.07, 6.45) is 0. The van der Waals surface area contributed by atoms with Crippen molar-refractivity contribution in [3.8, 4) is 16.9 Å². The van der Waals surface area contributed by atoms with Gasteiger partial charge < -0.3 is 9.52 Å². The van der Waals surface area contributed by atoms with Crippen LogP contribution in [0.3, 0.4) is 0 Å². The monoisotopic (exact) mass is 260 g/mol. The summed E-state index contributed by atoms with van der Waals surface area (Å²) in [4.78, 5) is 0. The quantitative estimate of drug-likeness (QED) is 0.525. The van der Waals surface area contributed by atoms with E-state index in [4.69, 9.17) is 4.42 Å². The van der Waals surface area contributed by atoms with Crippen LogP contribution in [0.2, 0.25) is 0 Å². The molecule has 4 aromatic rings. The maximum atomic E-state index is 10.3. The number of phenols is 1. The van der Waals surface area contributed by atoms with Crippen molar-refractivity contribution in [3.63, 3.8) is 0 Å². The molecular weight excluding hydrogens is 248 g/mol. The van der Waals surface area contributed by atoms with Gasteiger partial charge in [0.05, 0.1) is 0 Å². The predicted molar refractivity (Wildman–Crippen MR) is 80.8 cm³/mol. The van der Waals surface area contributed by atoms with E-state index in [0.29, 0.717) is 0 Å². The molecule has 0 spiro atoms. The molecule has 0 saturated heterocycles. The minimum atomic E-state index is 0.273. The van der Waals surface area contributed by atoms with Crippen LogP contribution in [0.1, 0.15) is 0 Å². The fourth-order valence-electron chi connectivity index (χ4n) is 2.70. The van der Waals surface area contributed by atoms with Crippen molar-refractivity contribution in [2.75, 3.05) is 0 Å². The van der Waals surface area contributed by atoms with E-state index in [1.54, 1.807) is 6.07 Å². The number of para-hydroxylation sites is 1. The fraction of sp³-hybridized carbons (Fsp3) is 0. The molecule has 4 rings (SSSR count). The van der Waals surface area contributed by atoms with Crippen LogP contribution < -0.4 is 0 Å². The molecule has 0 aliphatic carbocycles. The van der Waals surface area contributed by atoms with E-state index in [-0.39, 0.29) is 5.75 Å². The summed E-state index contributed by atoms with van der Waals surface area (Å²) >= 11 is 0. The minimum Gasteiger partial charge on any atom is -0.507 e. The highest BCUT2D eigenvalue weighted by Crippen LogP contribution is 2.41. The lowest BCUT2D eigenvalue weighted by Gasteiger charge is -2.06. The van der Waals surface area contributed by atoms with Crippen LogP contribution >= 0.6 is 0 Å². The van der Waals surface area contributed by atoms with Crippen molar-refractivity contribution in [3.05, 3.63) is 66.7 Å². The van der Waals surface area contributed by atoms with Crippen molar-refractivity contribution < 1.29 is 9.52 Å². The highest BCUT2D eigenvalue weighted by Gasteiger charge is 2.15. The molecule has 1 heterocycles. The van der Waals surface area contributed by atoms with Crippen molar-refractivity contribution in [2.24, 2.45) is 0 Å². The van der Waals surface area contributed by atoms with Gasteiger partial charge in [0.2, 0.25) is 0 Å². The fourth-order valence-corrected chi connectivity index (χ4v) is 2.70. The van der Waals surface area contributed by atoms with Gasteiger partial charge in [0.25, 0.3) is 0 Å². The maximum Gasteiger partial charge on any atom is 0.136 e. The van der Waals surface area contributed by atoms with Gasteiger partial charge in [-0.1, -0.05) is 48.5 Å². The lowest BCUT2D eigenvalue weighted by Crippen LogP contribution is -1.80. The molecule has 0 aliphatic heterocycles. The van der Waals surface area contributed by atoms with Crippen LogP contribution in [-0.2, 0) is 0 Å². The Balaban J connectivity index is 2.21. The number of benzene rings is 3. The SMILES string of the molecule is Oc1ccc2oc3ccccc3c2c1-c1ccccc1. The largest absolute Gasteiger partial charge is 0.507 e. The molecule has 96 valence electrons. The molecule has 0 radical (unpaired) electrons. The summed E-state index contributed by atoms with van der Waals surface area (Å²) in [5, 5.41) is 12.3. The summed E-state index contributed by atoms with van der Waals surface area (Å²) in [6.45, 7) is 0. The second kappa shape index (κ2) is 4.14. The number of furan rings is 1. The van der Waals surface area contributed by atoms with Gasteiger partial charge in [-0.2, -0.15) is 0 Å². The maximum absolute atomic E-state index is 10.3. The average molecular weight is 260 g/mol. The molecular formula is C18H12O2. The highest BCUT2D eigenvalue weighted by molar-refractivity contribution is 6.13. The summed E-state index contributed by atoms with van der Waals surface area (Å²) < 4.78 is 5.86. The third-order valence-electron chi connectivity index (χ3n) is 3.58. The van der Waals surface area contributed by atoms with Crippen LogP contribution in [-0.4, -0.2) is 5.11 Å². The molecule has 2 heteroatoms. The molecule has 0 saturated carbocycles. The van der Waals surface area contributed by atoms with Gasteiger partial charge in [-0.15, -0.1) is 0 Å². The Kier molecular flexibility index (Phi) is 2.30. The van der Waals surface area contributed by atoms with Gasteiger partial charge >= 0.3 is 0 Å². The Bertz CT molecular complexity index is 905. The number of rotatable bonds is 1. The van der Waals surface area contributed by atoms with Crippen LogP contribution in [0.4, 0.5) is 0 Å². The molecule has 3 aromatic carbocycles. The first-order valence-electron chi connectivity index (χ1n) is 6.53. The third-order valence-corrected chi connectivity index (χ3v) is 3.58. The Morgan fingerprint density at radius 3 is 2.30 bits per heavy atom. The van der Waals surface area contributed by atoms with Gasteiger partial charge in [0, 0.05) is 16.3 Å². The number of hydrogen-bond donors (Lipinski definition) is 1. The van der Waals surface area contributed by atoms with Crippen LogP contribution in [0, 0.1) is 0 Å². The first-order valence-corrected chi connectivity index (χ1v) is 6.53. The zero-order valence-electron chi connectivity index (χ0n) is 10.7. The van der Waals surface area contributed by atoms with Crippen LogP contribution in [0.25, 0.3) is 33.1 Å². The van der Waals surface area contributed by atoms with E-state index in [0.717, 1.165) is 33.1 Å². The Morgan fingerprint density at radius 1 is 0.700 bits per heavy atom. The molecule has 0 amide bonds. The Morgan fingerprint density at radius 2 is 1.45 bits per heavy atom. The average Bonchev–Trinajstić information content (AvgIpc) is 2.87. The van der Waals surface area contributed by atoms with E-state index >= 15 is 0 Å². The molecule has 0 aliphatic rings. The molecule has 0 unspecified atom stereocenters. The molecule has 2 nitrogen and oxygen atoms in total. The van der Waals surface area contributed by atoms with Gasteiger partial charge in [-0.3, -0.25) is 0 Å². The summed E-state index contributed by atoms with van der Waals surface area (Å²) in [5.74, 6) is 0.273. The smallest absolute Gasteiger partial charge is 0.136 e. The van der Waals surface area contributed by atoms with Gasteiger partial charge in [-0.05, 0) is 23.8 Å². The van der Waals surface area contributed by atoms with E-state index in [1.165, 1.54) is 0 Å². The van der Waals surface area contributed by atoms with Gasteiger partial charge in [-0.25, -0.2) is 0 Å². The van der Waals surface area contributed by atoms with Gasteiger partial charge in [0.15, 0.2) is 0 Å². The van der Waals surface area contributed by atoms with E-state index < -0.39 is 0 Å². The summed E-state index contributed by atoms with van der Waals surface area (Å²) in [6, 6.07) is 21.3. The molecule has 0 bridgehead atoms. The number of fused-ring (bicyclic) bond motifs is 3. The second-order valence-electron chi connectivity index (χ2n) is 4.80. The van der Waals surface area contributed by atoms with E-state index in [2.05, 4.69) is 0 Å². The lowest BCUT2D eigenvalue weighted by atomic mass is 9.98. The zero-order chi connectivity index (χ0) is 13.5. The third kappa shape index (κ3) is 1.51. The molecule has 0 atom stereocenters. The minimum absolute atomic E-state index is 0.273. The molecule has 1 N–H and O–H groups in total. The molecule has 1 aromatic heterocycles. The normalized spacial score (nSPS) is 11.2. The van der Waals surface area contributed by atoms with Gasteiger partial charge in [0.1, 0.15) is 16.9 Å². The summed E-state index contributed by atoms with van der Waals surface area (Å²) in [7, 11) is 0. The zero-order valence-corrected chi connectivity index (χ0v) is 10.7. The first kappa shape index (κ1) is 11.1. The highest BCUT2D eigenvalue weighted by atomic mass is 16.3. The van der Waals surface area contributed by atoms with E-state index in [9.17, 15) is 5.11 Å². The predicted octanol–water partition coefficient (Wildman–Crippen LogP) is 4.96. The first-order chi connectivity index (χ1) is 9.84. The standard InChI is InChI=1S/C18H12O2/c19-14-10-11-16-18(13-8-4-5-9-15(13)20-16)17(14)12-6-2-1-3-7-12/h1-11,19H. The second-order valence-corrected chi connectivity index (χ2v) is 4.80. The van der Waals surface area contributed by atoms with Crippen molar-refractivity contribution in [1.29, 1.82) is 0 Å². The topological polar surface area (TPSA) is 33.4 Å². The van der Waals surface area contributed by atoms with Crippen molar-refractivity contribution in [2.45, 2.75) is 0 Å². The Hall–Kier alpha value is -2.74. The van der Waals surface area contributed by atoms with Crippen molar-refractivity contribution >= 4 is 21.9 Å². The van der Waals surface area contributed by atoms with Crippen LogP contribution in [0.5, 0.6) is 5.75 Å². The lowest BCUT2D eigenvalue weighted by molar-refractivity contribution is 0.478. The summed E-state index contributed by atoms with van der Waals surface area (Å²) in [5.41, 5.74) is 3.45. The van der Waals surface area contributed by atoms with E-state index in [1.807, 2.05) is 60.7 Å². The Labute approximate surface area is 115 Å². The molecule has 20 heavy (non-hydrogen) atoms. The van der Waals surface area contributed by atoms with Crippen molar-refractivity contribution in [1.82, 2.24) is 0 Å². The van der Waals surface area contributed by atoms with Crippen LogP contribution in [0.15, 0.2) is 71.1 Å². The number of phenolic OH excluding ortho intramolecular Hbond substituents is 1. The number of hydrogen-bond acceptors (Lipinski definition) is 2. The molecule has 0 fully saturated rings.